The summed E-state index contributed by atoms with van der Waals surface area (Å²) < 4.78 is 2.29. The van der Waals surface area contributed by atoms with Gasteiger partial charge in [-0.3, -0.25) is 0 Å². The van der Waals surface area contributed by atoms with Crippen LogP contribution in [0, 0.1) is 6.92 Å². The molecule has 2 aromatic carbocycles. The summed E-state index contributed by atoms with van der Waals surface area (Å²) in [5.41, 5.74) is 8.74. The molecule has 26 heavy (non-hydrogen) atoms. The Bertz CT molecular complexity index is 964. The van der Waals surface area contributed by atoms with Gasteiger partial charge in [-0.25, -0.2) is 4.57 Å². The van der Waals surface area contributed by atoms with E-state index in [-0.39, 0.29) is 0 Å². The quantitative estimate of drug-likeness (QED) is 0.509. The molecule has 0 amide bonds. The van der Waals surface area contributed by atoms with Gasteiger partial charge in [-0.2, -0.15) is 0 Å². The second-order valence-electron chi connectivity index (χ2n) is 7.92. The molecule has 1 heteroatoms. The third-order valence-electron chi connectivity index (χ3n) is 6.31. The van der Waals surface area contributed by atoms with Crippen LogP contribution in [0.5, 0.6) is 0 Å². The number of benzene rings is 2. The molecule has 0 fully saturated rings. The van der Waals surface area contributed by atoms with Gasteiger partial charge in [-0.15, -0.1) is 0 Å². The molecule has 0 aliphatic heterocycles. The summed E-state index contributed by atoms with van der Waals surface area (Å²) >= 11 is 0. The van der Waals surface area contributed by atoms with Gasteiger partial charge in [-0.05, 0) is 84.7 Å². The molecule has 134 valence electrons. The van der Waals surface area contributed by atoms with E-state index in [1.54, 1.807) is 11.1 Å². The first-order chi connectivity index (χ1) is 12.6. The van der Waals surface area contributed by atoms with Crippen molar-refractivity contribution < 1.29 is 4.57 Å². The van der Waals surface area contributed by atoms with E-state index in [0.717, 1.165) is 0 Å². The predicted octanol–water partition coefficient (Wildman–Crippen LogP) is 6.03. The first kappa shape index (κ1) is 17.3. The van der Waals surface area contributed by atoms with E-state index >= 15 is 0 Å². The first-order valence-corrected chi connectivity index (χ1v) is 10.2. The van der Waals surface area contributed by atoms with Crippen molar-refractivity contribution in [3.63, 3.8) is 0 Å². The number of rotatable bonds is 4. The van der Waals surface area contributed by atoms with Crippen LogP contribution in [-0.4, -0.2) is 0 Å². The highest BCUT2D eigenvalue weighted by Crippen LogP contribution is 2.34. The molecule has 0 saturated carbocycles. The van der Waals surface area contributed by atoms with Crippen molar-refractivity contribution in [2.45, 2.75) is 58.8 Å². The Kier molecular flexibility index (Phi) is 4.56. The molecule has 1 aromatic heterocycles. The van der Waals surface area contributed by atoms with Crippen LogP contribution in [0.25, 0.3) is 22.0 Å². The fourth-order valence-corrected chi connectivity index (χ4v) is 4.74. The molecule has 0 radical (unpaired) electrons. The zero-order valence-electron chi connectivity index (χ0n) is 16.6. The molecular weight excluding hydrogens is 314 g/mol. The molecule has 1 aliphatic rings. The molecule has 1 nitrogen and oxygen atoms in total. The minimum absolute atomic E-state index is 0.665. The summed E-state index contributed by atoms with van der Waals surface area (Å²) in [5, 5.41) is 2.73. The fourth-order valence-electron chi connectivity index (χ4n) is 4.74. The highest BCUT2D eigenvalue weighted by Gasteiger charge is 2.21. The van der Waals surface area contributed by atoms with Gasteiger partial charge in [0.1, 0.15) is 7.05 Å². The topological polar surface area (TPSA) is 3.88 Å². The number of aryl methyl sites for hydroxylation is 4. The third-order valence-corrected chi connectivity index (χ3v) is 6.31. The maximum atomic E-state index is 2.46. The van der Waals surface area contributed by atoms with E-state index in [2.05, 4.69) is 75.0 Å². The van der Waals surface area contributed by atoms with Crippen LogP contribution in [0.15, 0.2) is 42.6 Å². The van der Waals surface area contributed by atoms with Crippen molar-refractivity contribution >= 4 is 10.8 Å². The van der Waals surface area contributed by atoms with Crippen LogP contribution in [0.3, 0.4) is 0 Å². The molecule has 0 bridgehead atoms. The van der Waals surface area contributed by atoms with Gasteiger partial charge < -0.3 is 0 Å². The van der Waals surface area contributed by atoms with Gasteiger partial charge in [0.25, 0.3) is 0 Å². The van der Waals surface area contributed by atoms with E-state index in [1.807, 2.05) is 0 Å². The van der Waals surface area contributed by atoms with Crippen LogP contribution in [0.4, 0.5) is 0 Å². The molecule has 0 N–H and O–H groups in total. The second-order valence-corrected chi connectivity index (χ2v) is 7.92. The molecule has 0 atom stereocenters. The van der Waals surface area contributed by atoms with Crippen LogP contribution in [-0.2, 0) is 19.9 Å². The van der Waals surface area contributed by atoms with Crippen molar-refractivity contribution in [1.29, 1.82) is 0 Å². The summed E-state index contributed by atoms with van der Waals surface area (Å²) in [6.45, 7) is 6.86. The monoisotopic (exact) mass is 344 g/mol. The van der Waals surface area contributed by atoms with Crippen molar-refractivity contribution in [1.82, 2.24) is 0 Å². The van der Waals surface area contributed by atoms with Gasteiger partial charge >= 0.3 is 0 Å². The van der Waals surface area contributed by atoms with Crippen molar-refractivity contribution in [2.24, 2.45) is 7.05 Å². The summed E-state index contributed by atoms with van der Waals surface area (Å²) in [7, 11) is 2.18. The van der Waals surface area contributed by atoms with Gasteiger partial charge in [-0.1, -0.05) is 32.0 Å². The van der Waals surface area contributed by atoms with E-state index in [1.165, 1.54) is 65.3 Å². The predicted molar refractivity (Wildman–Crippen MR) is 111 cm³/mol. The highest BCUT2D eigenvalue weighted by atomic mass is 14.9. The molecule has 1 heterocycles. The minimum Gasteiger partial charge on any atom is -0.200 e. The fraction of sp³-hybridized carbons (Fsp3) is 0.400. The average Bonchev–Trinajstić information content (AvgIpc) is 3.09. The number of hydrogen-bond donors (Lipinski definition) is 0. The highest BCUT2D eigenvalue weighted by molar-refractivity contribution is 5.94. The lowest BCUT2D eigenvalue weighted by Gasteiger charge is -2.15. The molecule has 1 aliphatic carbocycles. The van der Waals surface area contributed by atoms with Gasteiger partial charge in [0.2, 0.25) is 5.69 Å². The van der Waals surface area contributed by atoms with Crippen molar-refractivity contribution in [2.75, 3.05) is 0 Å². The maximum absolute atomic E-state index is 2.46. The molecular formula is C25H30N+. The van der Waals surface area contributed by atoms with Crippen molar-refractivity contribution in [3.05, 3.63) is 64.8 Å². The number of fused-ring (bicyclic) bond motifs is 2. The summed E-state index contributed by atoms with van der Waals surface area (Å²) in [6, 6.07) is 14.3. The molecule has 0 saturated heterocycles. The Morgan fingerprint density at radius 3 is 2.42 bits per heavy atom. The summed E-state index contributed by atoms with van der Waals surface area (Å²) in [5.74, 6) is 0.665. The normalized spacial score (nSPS) is 13.6. The largest absolute Gasteiger partial charge is 0.220 e. The van der Waals surface area contributed by atoms with E-state index < -0.39 is 0 Å². The lowest BCUT2D eigenvalue weighted by molar-refractivity contribution is -0.659. The Labute approximate surface area is 157 Å². The number of hydrogen-bond acceptors (Lipinski definition) is 0. The standard InChI is InChI=1S/C25H30N/c1-5-18(6-2)21-10-11-23-22(15-21)12-13-26(4)25(23)24-16-20-9-7-8-19(20)14-17(24)3/h10-16,18H,5-9H2,1-4H3/q+1. The smallest absolute Gasteiger partial charge is 0.200 e. The lowest BCUT2D eigenvalue weighted by atomic mass is 9.90. The Hall–Kier alpha value is -2.15. The summed E-state index contributed by atoms with van der Waals surface area (Å²) in [4.78, 5) is 0. The van der Waals surface area contributed by atoms with E-state index in [9.17, 15) is 0 Å². The van der Waals surface area contributed by atoms with Gasteiger partial charge in [0.05, 0.1) is 5.39 Å². The number of pyridine rings is 1. The first-order valence-electron chi connectivity index (χ1n) is 10.2. The second kappa shape index (κ2) is 6.87. The van der Waals surface area contributed by atoms with Gasteiger partial charge in [0.15, 0.2) is 6.20 Å². The Morgan fingerprint density at radius 1 is 0.962 bits per heavy atom. The molecule has 0 unspecified atom stereocenters. The van der Waals surface area contributed by atoms with Crippen LogP contribution >= 0.6 is 0 Å². The average molecular weight is 345 g/mol. The summed E-state index contributed by atoms with van der Waals surface area (Å²) in [6.07, 6.45) is 8.42. The third kappa shape index (κ3) is 2.84. The number of nitrogens with zero attached hydrogens (tertiary/aromatic N) is 1. The van der Waals surface area contributed by atoms with E-state index in [4.69, 9.17) is 0 Å². The zero-order chi connectivity index (χ0) is 18.3. The lowest BCUT2D eigenvalue weighted by Crippen LogP contribution is -2.30. The molecule has 3 aromatic rings. The number of aromatic nitrogens is 1. The van der Waals surface area contributed by atoms with Crippen LogP contribution in [0.2, 0.25) is 0 Å². The molecule has 0 spiro atoms. The SMILES string of the molecule is CCC(CC)c1ccc2c(-c3cc4c(cc3C)CCC4)[n+](C)ccc2c1. The van der Waals surface area contributed by atoms with Crippen molar-refractivity contribution in [3.8, 4) is 11.3 Å². The zero-order valence-corrected chi connectivity index (χ0v) is 16.6. The van der Waals surface area contributed by atoms with E-state index in [0.29, 0.717) is 5.92 Å². The Balaban J connectivity index is 1.91. The molecule has 4 rings (SSSR count). The maximum Gasteiger partial charge on any atom is 0.220 e. The van der Waals surface area contributed by atoms with Crippen LogP contribution in [0.1, 0.15) is 61.3 Å². The van der Waals surface area contributed by atoms with Gasteiger partial charge in [0, 0.05) is 11.6 Å². The Morgan fingerprint density at radius 2 is 1.69 bits per heavy atom. The minimum atomic E-state index is 0.665. The van der Waals surface area contributed by atoms with Crippen LogP contribution < -0.4 is 4.57 Å².